The molecule has 0 aliphatic heterocycles. The maximum absolute atomic E-state index is 2.90. The molecule has 2 unspecified atom stereocenters. The van der Waals surface area contributed by atoms with Crippen molar-refractivity contribution in [1.29, 1.82) is 0 Å². The molecule has 282 valence electrons. The second kappa shape index (κ2) is 14.9. The Morgan fingerprint density at radius 2 is 0.847 bits per heavy atom. The Balaban J connectivity index is 1.10. The number of fused-ring (bicyclic) bond motifs is 5. The van der Waals surface area contributed by atoms with Gasteiger partial charge in [-0.1, -0.05) is 152 Å². The highest BCUT2D eigenvalue weighted by Crippen LogP contribution is 2.57. The third-order valence-electron chi connectivity index (χ3n) is 12.2. The maximum atomic E-state index is 2.48. The molecule has 2 atom stereocenters. The number of anilines is 6. The van der Waals surface area contributed by atoms with E-state index in [9.17, 15) is 0 Å². The first kappa shape index (κ1) is 35.4. The van der Waals surface area contributed by atoms with Crippen molar-refractivity contribution in [2.24, 2.45) is 5.92 Å². The molecule has 0 spiro atoms. The highest BCUT2D eigenvalue weighted by Gasteiger charge is 2.43. The van der Waals surface area contributed by atoms with Crippen LogP contribution in [0.25, 0.3) is 16.2 Å². The van der Waals surface area contributed by atoms with Gasteiger partial charge in [-0.25, -0.2) is 0 Å². The topological polar surface area (TPSA) is 6.48 Å². The first-order valence-corrected chi connectivity index (χ1v) is 23.4. The van der Waals surface area contributed by atoms with Crippen LogP contribution in [0.2, 0.25) is 0 Å². The van der Waals surface area contributed by atoms with Gasteiger partial charge >= 0.3 is 0 Å². The lowest BCUT2D eigenvalue weighted by atomic mass is 10.0. The highest BCUT2D eigenvalue weighted by molar-refractivity contribution is 7.20. The lowest BCUT2D eigenvalue weighted by Crippen LogP contribution is -2.74. The predicted molar refractivity (Wildman–Crippen MR) is 255 cm³/mol. The van der Waals surface area contributed by atoms with Gasteiger partial charge in [-0.05, 0) is 118 Å². The van der Waals surface area contributed by atoms with Crippen LogP contribution in [0, 0.1) is 5.92 Å². The molecule has 2 aliphatic carbocycles. The standard InChI is InChI=1S/C55H42N2SSi/c1-6-17-41(18-7-1)56(42-19-8-2-9-20-42)44-30-33-49(34-31-44)59(47-24-12-4-13-25-47,48-26-14-5-15-27-48)50-28-16-23-45(38-50)57(43-21-10-3-11-22-43)46-32-36-54-53(39-46)51-35-29-40-37-52(40)55(51)58-54/h1-36,38-40,52H,37H2. The molecule has 8 aromatic carbocycles. The lowest BCUT2D eigenvalue weighted by molar-refractivity contribution is 1.02. The molecule has 0 amide bonds. The number of thiophene rings is 1. The molecular weight excluding hydrogens is 749 g/mol. The lowest BCUT2D eigenvalue weighted by Gasteiger charge is -2.36. The van der Waals surface area contributed by atoms with Crippen molar-refractivity contribution >= 4 is 90.4 Å². The van der Waals surface area contributed by atoms with Crippen molar-refractivity contribution in [3.05, 3.63) is 235 Å². The number of nitrogens with zero attached hydrogens (tertiary/aromatic N) is 2. The van der Waals surface area contributed by atoms with Crippen molar-refractivity contribution in [1.82, 2.24) is 0 Å². The van der Waals surface area contributed by atoms with Crippen LogP contribution in [0.1, 0.15) is 22.8 Å². The van der Waals surface area contributed by atoms with Gasteiger partial charge in [-0.3, -0.25) is 0 Å². The van der Waals surface area contributed by atoms with Crippen LogP contribution in [-0.4, -0.2) is 8.07 Å². The summed E-state index contributed by atoms with van der Waals surface area (Å²) in [5.41, 5.74) is 8.27. The van der Waals surface area contributed by atoms with Crippen molar-refractivity contribution in [3.63, 3.8) is 0 Å². The van der Waals surface area contributed by atoms with Crippen molar-refractivity contribution in [3.8, 4) is 0 Å². The van der Waals surface area contributed by atoms with Crippen LogP contribution in [0.15, 0.2) is 224 Å². The Labute approximate surface area is 351 Å². The quantitative estimate of drug-likeness (QED) is 0.101. The number of rotatable bonds is 10. The fourth-order valence-electron chi connectivity index (χ4n) is 9.40. The SMILES string of the molecule is C1=CC2CC2c2sc3ccc(N(c4ccccc4)c4cccc([Si](c5ccccc5)(c5ccccc5)c5ccc(N(c6ccccc6)c6ccccc6)cc5)c4)cc3c21. The van der Waals surface area contributed by atoms with E-state index in [0.717, 1.165) is 34.4 Å². The maximum Gasteiger partial charge on any atom is 0.179 e. The van der Waals surface area contributed by atoms with Gasteiger partial charge in [0.2, 0.25) is 0 Å². The number of para-hydroxylation sites is 3. The predicted octanol–water partition coefficient (Wildman–Crippen LogP) is 12.3. The summed E-state index contributed by atoms with van der Waals surface area (Å²) in [5, 5.41) is 6.72. The van der Waals surface area contributed by atoms with E-state index in [2.05, 4.69) is 240 Å². The molecule has 0 N–H and O–H groups in total. The van der Waals surface area contributed by atoms with Gasteiger partial charge in [-0.15, -0.1) is 11.3 Å². The molecular formula is C55H42N2SSi. The minimum absolute atomic E-state index is 0.709. The fourth-order valence-corrected chi connectivity index (χ4v) is 15.5. The van der Waals surface area contributed by atoms with Crippen LogP contribution < -0.4 is 30.5 Å². The minimum Gasteiger partial charge on any atom is -0.311 e. The Morgan fingerprint density at radius 1 is 0.407 bits per heavy atom. The zero-order chi connectivity index (χ0) is 39.2. The van der Waals surface area contributed by atoms with Crippen LogP contribution in [-0.2, 0) is 0 Å². The number of hydrogen-bond acceptors (Lipinski definition) is 3. The third kappa shape index (κ3) is 6.24. The summed E-state index contributed by atoms with van der Waals surface area (Å²) in [6.45, 7) is 0. The minimum atomic E-state index is -2.90. The monoisotopic (exact) mass is 790 g/mol. The van der Waals surface area contributed by atoms with Crippen LogP contribution in [0.3, 0.4) is 0 Å². The first-order valence-electron chi connectivity index (χ1n) is 20.6. The fraction of sp³-hybridized carbons (Fsp3) is 0.0545. The molecule has 11 rings (SSSR count). The molecule has 1 fully saturated rings. The Hall–Kier alpha value is -6.72. The van der Waals surface area contributed by atoms with Crippen molar-refractivity contribution in [2.45, 2.75) is 12.3 Å². The molecule has 0 radical (unpaired) electrons. The van der Waals surface area contributed by atoms with Crippen LogP contribution >= 0.6 is 11.3 Å². The average Bonchev–Trinajstić information content (AvgIpc) is 4.02. The van der Waals surface area contributed by atoms with Gasteiger partial charge in [-0.2, -0.15) is 0 Å². The third-order valence-corrected chi connectivity index (χ3v) is 18.3. The van der Waals surface area contributed by atoms with Gasteiger partial charge in [0.15, 0.2) is 8.07 Å². The average molecular weight is 791 g/mol. The number of hydrogen-bond donors (Lipinski definition) is 0. The van der Waals surface area contributed by atoms with Gasteiger partial charge in [0, 0.05) is 55.0 Å². The summed E-state index contributed by atoms with van der Waals surface area (Å²) in [6.07, 6.45) is 6.13. The van der Waals surface area contributed by atoms with Crippen LogP contribution in [0.5, 0.6) is 0 Å². The first-order chi connectivity index (χ1) is 29.3. The normalized spacial score (nSPS) is 15.3. The summed E-state index contributed by atoms with van der Waals surface area (Å²) in [7, 11) is -2.90. The Bertz CT molecular complexity index is 2830. The van der Waals surface area contributed by atoms with E-state index in [-0.39, 0.29) is 0 Å². The van der Waals surface area contributed by atoms with E-state index < -0.39 is 8.07 Å². The van der Waals surface area contributed by atoms with Crippen LogP contribution in [0.4, 0.5) is 34.1 Å². The van der Waals surface area contributed by atoms with Crippen molar-refractivity contribution < 1.29 is 0 Å². The Morgan fingerprint density at radius 3 is 1.42 bits per heavy atom. The molecule has 1 aromatic heterocycles. The summed E-state index contributed by atoms with van der Waals surface area (Å²) >= 11 is 1.99. The van der Waals surface area contributed by atoms with Gasteiger partial charge < -0.3 is 9.80 Å². The van der Waals surface area contributed by atoms with E-state index in [1.54, 1.807) is 4.88 Å². The van der Waals surface area contributed by atoms with Gasteiger partial charge in [0.25, 0.3) is 0 Å². The van der Waals surface area contributed by atoms with Gasteiger partial charge in [0.1, 0.15) is 0 Å². The van der Waals surface area contributed by atoms with E-state index >= 15 is 0 Å². The molecule has 59 heavy (non-hydrogen) atoms. The van der Waals surface area contributed by atoms with Gasteiger partial charge in [0.05, 0.1) is 0 Å². The second-order valence-electron chi connectivity index (χ2n) is 15.7. The summed E-state index contributed by atoms with van der Waals surface area (Å²) < 4.78 is 1.37. The zero-order valence-electron chi connectivity index (χ0n) is 32.6. The molecule has 2 nitrogen and oxygen atoms in total. The zero-order valence-corrected chi connectivity index (χ0v) is 34.4. The molecule has 9 aromatic rings. The summed E-state index contributed by atoms with van der Waals surface area (Å²) in [6, 6.07) is 80.6. The molecule has 2 aliphatic rings. The highest BCUT2D eigenvalue weighted by atomic mass is 32.1. The smallest absolute Gasteiger partial charge is 0.179 e. The second-order valence-corrected chi connectivity index (χ2v) is 20.6. The summed E-state index contributed by atoms with van der Waals surface area (Å²) in [5.74, 6) is 1.45. The molecule has 1 heterocycles. The molecule has 0 bridgehead atoms. The summed E-state index contributed by atoms with van der Waals surface area (Å²) in [4.78, 5) is 6.37. The molecule has 0 saturated heterocycles. The van der Waals surface area contributed by atoms with E-state index in [1.165, 1.54) is 48.5 Å². The van der Waals surface area contributed by atoms with E-state index in [4.69, 9.17) is 0 Å². The number of benzene rings is 8. The molecule has 4 heteroatoms. The number of allylic oxidation sites excluding steroid dienone is 1. The van der Waals surface area contributed by atoms with Crippen molar-refractivity contribution in [2.75, 3.05) is 9.80 Å². The largest absolute Gasteiger partial charge is 0.311 e. The van der Waals surface area contributed by atoms with E-state index in [0.29, 0.717) is 5.92 Å². The van der Waals surface area contributed by atoms with E-state index in [1.807, 2.05) is 11.3 Å². The molecule has 1 saturated carbocycles. The Kier molecular flexibility index (Phi) is 8.95.